The molecule has 0 fully saturated rings. The second-order valence-corrected chi connectivity index (χ2v) is 6.02. The summed E-state index contributed by atoms with van der Waals surface area (Å²) in [6.07, 6.45) is 4.09. The molecule has 0 atom stereocenters. The summed E-state index contributed by atoms with van der Waals surface area (Å²) >= 11 is 0. The lowest BCUT2D eigenvalue weighted by molar-refractivity contribution is -0.0999. The third-order valence-electron chi connectivity index (χ3n) is 4.15. The summed E-state index contributed by atoms with van der Waals surface area (Å²) in [6.45, 7) is 0. The molecule has 7 heteroatoms. The number of aromatic nitrogens is 1. The Morgan fingerprint density at radius 3 is 2.56 bits per heavy atom. The van der Waals surface area contributed by atoms with Gasteiger partial charge in [0.05, 0.1) is 11.9 Å². The normalized spacial score (nSPS) is 15.0. The van der Waals surface area contributed by atoms with E-state index < -0.39 is 17.4 Å². The quantitative estimate of drug-likeness (QED) is 0.684. The lowest BCUT2D eigenvalue weighted by Gasteiger charge is -2.18. The lowest BCUT2D eigenvalue weighted by Crippen LogP contribution is -2.26. The van der Waals surface area contributed by atoms with Crippen LogP contribution < -0.4 is 0 Å². The van der Waals surface area contributed by atoms with Crippen molar-refractivity contribution in [3.8, 4) is 11.1 Å². The number of nitrogens with zero attached hydrogens (tertiary/aromatic N) is 3. The largest absolute Gasteiger partial charge is 0.357 e. The van der Waals surface area contributed by atoms with E-state index in [0.29, 0.717) is 11.1 Å². The Morgan fingerprint density at radius 1 is 0.926 bits per heavy atom. The standard InChI is InChI=1S/C20H13F2N3O2/c21-14-4-6-17(22)15(9-14)12-3-5-16-18(8-12)25-19(24-11-20(16,26)27)13-2-1-7-23-10-13/h1-11,26-27H. The maximum absolute atomic E-state index is 14.1. The minimum atomic E-state index is -2.36. The van der Waals surface area contributed by atoms with E-state index in [9.17, 15) is 19.0 Å². The molecule has 1 aliphatic heterocycles. The minimum absolute atomic E-state index is 0.0440. The lowest BCUT2D eigenvalue weighted by atomic mass is 9.98. The van der Waals surface area contributed by atoms with Crippen molar-refractivity contribution in [2.75, 3.05) is 0 Å². The average Bonchev–Trinajstić information content (AvgIpc) is 2.80. The van der Waals surface area contributed by atoms with Gasteiger partial charge in [0.1, 0.15) is 11.6 Å². The van der Waals surface area contributed by atoms with Gasteiger partial charge in [-0.1, -0.05) is 12.1 Å². The summed E-state index contributed by atoms with van der Waals surface area (Å²) in [6, 6.07) is 10.9. The van der Waals surface area contributed by atoms with Crippen LogP contribution in [-0.2, 0) is 5.79 Å². The van der Waals surface area contributed by atoms with Gasteiger partial charge in [-0.15, -0.1) is 0 Å². The van der Waals surface area contributed by atoms with Crippen molar-refractivity contribution in [1.29, 1.82) is 0 Å². The molecule has 0 amide bonds. The fraction of sp³-hybridized carbons (Fsp3) is 0.0500. The number of halogens is 2. The van der Waals surface area contributed by atoms with Gasteiger partial charge in [-0.2, -0.15) is 0 Å². The molecule has 2 aromatic carbocycles. The monoisotopic (exact) mass is 365 g/mol. The summed E-state index contributed by atoms with van der Waals surface area (Å²) in [5.41, 5.74) is 1.21. The highest BCUT2D eigenvalue weighted by Gasteiger charge is 2.30. The Labute approximate surface area is 153 Å². The molecule has 4 rings (SSSR count). The van der Waals surface area contributed by atoms with Crippen LogP contribution in [-0.4, -0.2) is 27.2 Å². The van der Waals surface area contributed by atoms with Crippen LogP contribution in [0.4, 0.5) is 14.5 Å². The Morgan fingerprint density at radius 2 is 1.78 bits per heavy atom. The highest BCUT2D eigenvalue weighted by Crippen LogP contribution is 2.35. The van der Waals surface area contributed by atoms with Gasteiger partial charge in [0.25, 0.3) is 0 Å². The molecule has 0 bridgehead atoms. The van der Waals surface area contributed by atoms with Gasteiger partial charge in [-0.05, 0) is 42.0 Å². The van der Waals surface area contributed by atoms with E-state index >= 15 is 0 Å². The molecule has 1 aliphatic rings. The van der Waals surface area contributed by atoms with E-state index in [0.717, 1.165) is 24.4 Å². The maximum Gasteiger partial charge on any atom is 0.230 e. The van der Waals surface area contributed by atoms with Gasteiger partial charge < -0.3 is 10.2 Å². The Hall–Kier alpha value is -3.29. The number of rotatable bonds is 2. The number of fused-ring (bicyclic) bond motifs is 1. The molecular formula is C20H13F2N3O2. The van der Waals surface area contributed by atoms with Gasteiger partial charge in [-0.3, -0.25) is 4.98 Å². The van der Waals surface area contributed by atoms with E-state index in [1.54, 1.807) is 18.3 Å². The SMILES string of the molecule is OC1(O)C=NC(c2cccnc2)=Nc2cc(-c3cc(F)ccc3F)ccc21. The highest BCUT2D eigenvalue weighted by molar-refractivity contribution is 6.06. The van der Waals surface area contributed by atoms with Crippen LogP contribution in [0.3, 0.4) is 0 Å². The van der Waals surface area contributed by atoms with E-state index in [2.05, 4.69) is 15.0 Å². The molecule has 0 radical (unpaired) electrons. The maximum atomic E-state index is 14.1. The van der Waals surface area contributed by atoms with Crippen molar-refractivity contribution in [1.82, 2.24) is 4.98 Å². The fourth-order valence-electron chi connectivity index (χ4n) is 2.82. The molecule has 0 saturated carbocycles. The number of benzene rings is 2. The molecular weight excluding hydrogens is 352 g/mol. The molecule has 3 aromatic rings. The van der Waals surface area contributed by atoms with Gasteiger partial charge in [-0.25, -0.2) is 18.8 Å². The molecule has 5 nitrogen and oxygen atoms in total. The van der Waals surface area contributed by atoms with E-state index in [4.69, 9.17) is 0 Å². The molecule has 0 saturated heterocycles. The number of hydrogen-bond acceptors (Lipinski definition) is 5. The minimum Gasteiger partial charge on any atom is -0.357 e. The first kappa shape index (κ1) is 17.1. The van der Waals surface area contributed by atoms with Crippen LogP contribution in [0.2, 0.25) is 0 Å². The average molecular weight is 365 g/mol. The highest BCUT2D eigenvalue weighted by atomic mass is 19.1. The predicted octanol–water partition coefficient (Wildman–Crippen LogP) is 3.33. The Kier molecular flexibility index (Phi) is 4.10. The van der Waals surface area contributed by atoms with Crippen LogP contribution in [0.25, 0.3) is 11.1 Å². The van der Waals surface area contributed by atoms with Crippen molar-refractivity contribution in [2.45, 2.75) is 5.79 Å². The van der Waals surface area contributed by atoms with Crippen LogP contribution in [0, 0.1) is 11.6 Å². The number of aliphatic hydroxyl groups is 2. The molecule has 0 unspecified atom stereocenters. The Bertz CT molecular complexity index is 1080. The number of hydrogen-bond donors (Lipinski definition) is 2. The van der Waals surface area contributed by atoms with Gasteiger partial charge in [0, 0.05) is 29.1 Å². The van der Waals surface area contributed by atoms with Crippen LogP contribution in [0.15, 0.2) is 70.9 Å². The van der Waals surface area contributed by atoms with Crippen LogP contribution in [0.1, 0.15) is 11.1 Å². The molecule has 2 N–H and O–H groups in total. The third kappa shape index (κ3) is 3.25. The molecule has 0 spiro atoms. The van der Waals surface area contributed by atoms with E-state index in [1.165, 1.54) is 24.4 Å². The number of aliphatic imine (C=N–C) groups is 2. The summed E-state index contributed by atoms with van der Waals surface area (Å²) in [5, 5.41) is 20.6. The van der Waals surface area contributed by atoms with Gasteiger partial charge >= 0.3 is 0 Å². The first-order valence-corrected chi connectivity index (χ1v) is 8.03. The third-order valence-corrected chi connectivity index (χ3v) is 4.15. The van der Waals surface area contributed by atoms with Crippen molar-refractivity contribution in [3.05, 3.63) is 83.7 Å². The second kappa shape index (κ2) is 6.46. The molecule has 2 heterocycles. The first-order valence-electron chi connectivity index (χ1n) is 8.03. The van der Waals surface area contributed by atoms with Crippen molar-refractivity contribution in [2.24, 2.45) is 9.98 Å². The van der Waals surface area contributed by atoms with E-state index in [-0.39, 0.29) is 22.6 Å². The van der Waals surface area contributed by atoms with Crippen molar-refractivity contribution in [3.63, 3.8) is 0 Å². The molecule has 1 aromatic heterocycles. The molecule has 134 valence electrons. The zero-order valence-electron chi connectivity index (χ0n) is 13.8. The zero-order chi connectivity index (χ0) is 19.0. The summed E-state index contributed by atoms with van der Waals surface area (Å²) in [4.78, 5) is 12.4. The zero-order valence-corrected chi connectivity index (χ0v) is 13.8. The van der Waals surface area contributed by atoms with Crippen molar-refractivity contribution < 1.29 is 19.0 Å². The fourth-order valence-corrected chi connectivity index (χ4v) is 2.82. The summed E-state index contributed by atoms with van der Waals surface area (Å²) in [5.74, 6) is -3.33. The molecule has 27 heavy (non-hydrogen) atoms. The first-order chi connectivity index (χ1) is 12.9. The van der Waals surface area contributed by atoms with E-state index in [1.807, 2.05) is 0 Å². The van der Waals surface area contributed by atoms with Crippen LogP contribution in [0.5, 0.6) is 0 Å². The predicted molar refractivity (Wildman–Crippen MR) is 96.8 cm³/mol. The van der Waals surface area contributed by atoms with Crippen molar-refractivity contribution >= 4 is 17.7 Å². The second-order valence-electron chi connectivity index (χ2n) is 6.02. The van der Waals surface area contributed by atoms with Gasteiger partial charge in [0.2, 0.25) is 5.79 Å². The number of pyridine rings is 1. The Balaban J connectivity index is 1.90. The van der Waals surface area contributed by atoms with Crippen LogP contribution >= 0.6 is 0 Å². The summed E-state index contributed by atoms with van der Waals surface area (Å²) in [7, 11) is 0. The smallest absolute Gasteiger partial charge is 0.230 e. The molecule has 0 aliphatic carbocycles. The summed E-state index contributed by atoms with van der Waals surface area (Å²) < 4.78 is 27.7. The van der Waals surface area contributed by atoms with Gasteiger partial charge in [0.15, 0.2) is 5.84 Å². The topological polar surface area (TPSA) is 78.1 Å². The number of amidine groups is 1.